The first-order valence-corrected chi connectivity index (χ1v) is 10.6. The Hall–Kier alpha value is -0.570. The van der Waals surface area contributed by atoms with E-state index in [0.717, 1.165) is 0 Å². The topological polar surface area (TPSA) is 35.5 Å². The second kappa shape index (κ2) is 12.0. The average molecular weight is 371 g/mol. The summed E-state index contributed by atoms with van der Waals surface area (Å²) in [5, 5.41) is 0. The van der Waals surface area contributed by atoms with Crippen LogP contribution in [0.2, 0.25) is 0 Å². The first-order chi connectivity index (χ1) is 12.0. The molecule has 0 bridgehead atoms. The van der Waals surface area contributed by atoms with Crippen LogP contribution in [0, 0.1) is 53.3 Å². The molecule has 3 heteroatoms. The third-order valence-corrected chi connectivity index (χ3v) is 7.29. The molecule has 0 radical (unpaired) electrons. The van der Waals surface area contributed by atoms with E-state index in [1.165, 1.54) is 0 Å². The summed E-state index contributed by atoms with van der Waals surface area (Å²) in [7, 11) is 1.63. The van der Waals surface area contributed by atoms with E-state index in [1.54, 1.807) is 7.11 Å². The van der Waals surface area contributed by atoms with E-state index in [9.17, 15) is 4.79 Å². The van der Waals surface area contributed by atoms with Crippen LogP contribution < -0.4 is 0 Å². The largest absolute Gasteiger partial charge is 0.463 e. The van der Waals surface area contributed by atoms with Crippen molar-refractivity contribution < 1.29 is 14.3 Å². The van der Waals surface area contributed by atoms with Gasteiger partial charge in [-0.25, -0.2) is 0 Å². The van der Waals surface area contributed by atoms with E-state index in [2.05, 4.69) is 69.2 Å². The van der Waals surface area contributed by atoms with Gasteiger partial charge in [-0.1, -0.05) is 69.2 Å². The Labute approximate surface area is 163 Å². The highest BCUT2D eigenvalue weighted by Crippen LogP contribution is 2.42. The molecule has 0 fully saturated rings. The summed E-state index contributed by atoms with van der Waals surface area (Å²) in [5.41, 5.74) is 0. The van der Waals surface area contributed by atoms with Crippen molar-refractivity contribution in [2.75, 3.05) is 20.3 Å². The van der Waals surface area contributed by atoms with E-state index >= 15 is 0 Å². The standard InChI is InChI=1S/C23H46O3/c1-14(2)16(5)18(7)20(9)22(19(8)17(6)15(3)4)21(10)23(24)26-13-12-25-11/h14-22H,12-13H2,1-11H3. The van der Waals surface area contributed by atoms with E-state index in [0.29, 0.717) is 60.6 Å². The van der Waals surface area contributed by atoms with Gasteiger partial charge in [-0.05, 0) is 47.3 Å². The van der Waals surface area contributed by atoms with Crippen molar-refractivity contribution in [3.63, 3.8) is 0 Å². The number of hydrogen-bond acceptors (Lipinski definition) is 3. The number of hydrogen-bond donors (Lipinski definition) is 0. The van der Waals surface area contributed by atoms with Crippen LogP contribution in [0.25, 0.3) is 0 Å². The number of methoxy groups -OCH3 is 1. The molecule has 0 aliphatic rings. The summed E-state index contributed by atoms with van der Waals surface area (Å²) in [6, 6.07) is 0. The van der Waals surface area contributed by atoms with E-state index in [-0.39, 0.29) is 11.9 Å². The molecule has 0 aliphatic heterocycles. The van der Waals surface area contributed by atoms with E-state index < -0.39 is 0 Å². The second-order valence-corrected chi connectivity index (χ2v) is 9.31. The van der Waals surface area contributed by atoms with Crippen molar-refractivity contribution >= 4 is 5.97 Å². The second-order valence-electron chi connectivity index (χ2n) is 9.31. The van der Waals surface area contributed by atoms with E-state index in [4.69, 9.17) is 9.47 Å². The van der Waals surface area contributed by atoms with Crippen LogP contribution in [-0.2, 0) is 14.3 Å². The fourth-order valence-electron chi connectivity index (χ4n) is 4.30. The zero-order valence-corrected chi connectivity index (χ0v) is 19.3. The molecule has 156 valence electrons. The number of carbonyl (C=O) groups is 1. The summed E-state index contributed by atoms with van der Waals surface area (Å²) in [4.78, 5) is 12.7. The molecule has 0 saturated heterocycles. The first kappa shape index (κ1) is 25.4. The number of rotatable bonds is 12. The number of carbonyl (C=O) groups excluding carboxylic acids is 1. The minimum absolute atomic E-state index is 0.0777. The maximum Gasteiger partial charge on any atom is 0.309 e. The Morgan fingerprint density at radius 3 is 1.50 bits per heavy atom. The van der Waals surface area contributed by atoms with Crippen molar-refractivity contribution in [3.05, 3.63) is 0 Å². The fraction of sp³-hybridized carbons (Fsp3) is 0.957. The highest BCUT2D eigenvalue weighted by molar-refractivity contribution is 5.72. The molecular formula is C23H46O3. The predicted octanol–water partition coefficient (Wildman–Crippen LogP) is 5.92. The van der Waals surface area contributed by atoms with Gasteiger partial charge in [0.05, 0.1) is 12.5 Å². The van der Waals surface area contributed by atoms with Crippen molar-refractivity contribution in [2.24, 2.45) is 53.3 Å². The van der Waals surface area contributed by atoms with Crippen molar-refractivity contribution in [1.29, 1.82) is 0 Å². The quantitative estimate of drug-likeness (QED) is 0.316. The van der Waals surface area contributed by atoms with Gasteiger partial charge in [-0.2, -0.15) is 0 Å². The van der Waals surface area contributed by atoms with Gasteiger partial charge in [0.1, 0.15) is 6.61 Å². The Balaban J connectivity index is 5.49. The lowest BCUT2D eigenvalue weighted by Crippen LogP contribution is -2.40. The smallest absolute Gasteiger partial charge is 0.309 e. The van der Waals surface area contributed by atoms with Gasteiger partial charge in [0, 0.05) is 7.11 Å². The monoisotopic (exact) mass is 370 g/mol. The van der Waals surface area contributed by atoms with Gasteiger partial charge in [0.2, 0.25) is 0 Å². The third kappa shape index (κ3) is 7.21. The van der Waals surface area contributed by atoms with Crippen molar-refractivity contribution in [3.8, 4) is 0 Å². The summed E-state index contributed by atoms with van der Waals surface area (Å²) >= 11 is 0. The van der Waals surface area contributed by atoms with Gasteiger partial charge in [0.25, 0.3) is 0 Å². The van der Waals surface area contributed by atoms with Gasteiger partial charge in [0.15, 0.2) is 0 Å². The lowest BCUT2D eigenvalue weighted by Gasteiger charge is -2.42. The molecule has 0 heterocycles. The molecule has 0 spiro atoms. The van der Waals surface area contributed by atoms with Gasteiger partial charge in [-0.15, -0.1) is 0 Å². The van der Waals surface area contributed by atoms with Crippen molar-refractivity contribution in [1.82, 2.24) is 0 Å². The number of ether oxygens (including phenoxy) is 2. The SMILES string of the molecule is COCCOC(=O)C(C)C(C(C)C(C)C(C)C)C(C)C(C)C(C)C(C)C. The maximum absolute atomic E-state index is 12.7. The van der Waals surface area contributed by atoms with Gasteiger partial charge >= 0.3 is 5.97 Å². The van der Waals surface area contributed by atoms with Crippen LogP contribution in [-0.4, -0.2) is 26.3 Å². The highest BCUT2D eigenvalue weighted by Gasteiger charge is 2.39. The minimum Gasteiger partial charge on any atom is -0.463 e. The summed E-state index contributed by atoms with van der Waals surface area (Å²) in [5.74, 6) is 4.10. The van der Waals surface area contributed by atoms with Crippen LogP contribution in [0.3, 0.4) is 0 Å². The lowest BCUT2D eigenvalue weighted by atomic mass is 9.63. The van der Waals surface area contributed by atoms with Crippen LogP contribution in [0.1, 0.15) is 69.2 Å². The Bertz CT molecular complexity index is 391. The predicted molar refractivity (Wildman–Crippen MR) is 111 cm³/mol. The molecule has 7 unspecified atom stereocenters. The molecule has 0 N–H and O–H groups in total. The Kier molecular flexibility index (Phi) is 11.7. The average Bonchev–Trinajstić information content (AvgIpc) is 2.59. The molecule has 0 aromatic rings. The molecule has 26 heavy (non-hydrogen) atoms. The Morgan fingerprint density at radius 1 is 0.654 bits per heavy atom. The third-order valence-electron chi connectivity index (χ3n) is 7.29. The van der Waals surface area contributed by atoms with Crippen LogP contribution in [0.15, 0.2) is 0 Å². The first-order valence-electron chi connectivity index (χ1n) is 10.6. The van der Waals surface area contributed by atoms with Crippen LogP contribution >= 0.6 is 0 Å². The molecule has 0 aromatic heterocycles. The Morgan fingerprint density at radius 2 is 1.08 bits per heavy atom. The zero-order valence-electron chi connectivity index (χ0n) is 19.3. The van der Waals surface area contributed by atoms with Crippen LogP contribution in [0.5, 0.6) is 0 Å². The lowest BCUT2D eigenvalue weighted by molar-refractivity contribution is -0.153. The van der Waals surface area contributed by atoms with E-state index in [1.807, 2.05) is 0 Å². The number of esters is 1. The van der Waals surface area contributed by atoms with Gasteiger partial charge < -0.3 is 9.47 Å². The molecular weight excluding hydrogens is 324 g/mol. The fourth-order valence-corrected chi connectivity index (χ4v) is 4.30. The van der Waals surface area contributed by atoms with Crippen LogP contribution in [0.4, 0.5) is 0 Å². The minimum atomic E-state index is -0.0973. The molecule has 0 rings (SSSR count). The molecule has 7 atom stereocenters. The molecule has 0 amide bonds. The molecule has 0 saturated carbocycles. The molecule has 0 aliphatic carbocycles. The summed E-state index contributed by atoms with van der Waals surface area (Å²) < 4.78 is 10.5. The van der Waals surface area contributed by atoms with Crippen molar-refractivity contribution in [2.45, 2.75) is 69.2 Å². The summed E-state index contributed by atoms with van der Waals surface area (Å²) in [6.45, 7) is 23.7. The maximum atomic E-state index is 12.7. The zero-order chi connectivity index (χ0) is 20.6. The summed E-state index contributed by atoms with van der Waals surface area (Å²) in [6.07, 6.45) is 0. The highest BCUT2D eigenvalue weighted by atomic mass is 16.6. The molecule has 0 aromatic carbocycles. The molecule has 3 nitrogen and oxygen atoms in total. The normalized spacial score (nSPS) is 20.3. The van der Waals surface area contributed by atoms with Gasteiger partial charge in [-0.3, -0.25) is 4.79 Å².